The molecule has 1 atom stereocenters. The minimum Gasteiger partial charge on any atom is -0.493 e. The van der Waals surface area contributed by atoms with Crippen LogP contribution in [-0.4, -0.2) is 79.4 Å². The Morgan fingerprint density at radius 3 is 2.38 bits per heavy atom. The Morgan fingerprint density at radius 1 is 0.941 bits per heavy atom. The van der Waals surface area contributed by atoms with E-state index in [1.165, 1.54) is 0 Å². The van der Waals surface area contributed by atoms with Crippen molar-refractivity contribution in [3.05, 3.63) is 64.1 Å². The van der Waals surface area contributed by atoms with Crippen LogP contribution in [0.3, 0.4) is 0 Å². The first kappa shape index (κ1) is 24.8. The highest BCUT2D eigenvalue weighted by molar-refractivity contribution is 6.31. The van der Waals surface area contributed by atoms with Crippen LogP contribution in [0, 0.1) is 5.41 Å². The van der Waals surface area contributed by atoms with Gasteiger partial charge in [-0.2, -0.15) is 0 Å². The number of piperidine rings is 1. The van der Waals surface area contributed by atoms with Gasteiger partial charge in [-0.1, -0.05) is 29.3 Å². The first-order valence-electron chi connectivity index (χ1n) is 11.7. The maximum absolute atomic E-state index is 13.3. The predicted octanol–water partition coefficient (Wildman–Crippen LogP) is 4.46. The lowest BCUT2D eigenvalue weighted by Gasteiger charge is -2.43. The molecule has 0 aromatic heterocycles. The van der Waals surface area contributed by atoms with E-state index in [0.717, 1.165) is 39.0 Å². The third-order valence-electron chi connectivity index (χ3n) is 6.76. The molecule has 2 aliphatic rings. The molecule has 2 heterocycles. The van der Waals surface area contributed by atoms with Gasteiger partial charge in [-0.25, -0.2) is 0 Å². The number of halogens is 2. The lowest BCUT2D eigenvalue weighted by atomic mass is 9.77. The molecule has 0 N–H and O–H groups in total. The summed E-state index contributed by atoms with van der Waals surface area (Å²) in [6, 6.07) is 14.3. The number of likely N-dealkylation sites (N-methyl/N-ethyl adjacent to an activating group) is 1. The summed E-state index contributed by atoms with van der Waals surface area (Å²) in [5, 5.41) is 1.17. The topological polar surface area (TPSA) is 53.1 Å². The first-order valence-corrected chi connectivity index (χ1v) is 12.5. The molecular formula is C26H31Cl2N3O3. The monoisotopic (exact) mass is 503 g/mol. The Balaban J connectivity index is 1.52. The number of carbonyl (C=O) groups excluding carboxylic acids is 2. The molecule has 0 aliphatic carbocycles. The molecule has 2 aromatic rings. The summed E-state index contributed by atoms with van der Waals surface area (Å²) in [5.41, 5.74) is 0.0966. The van der Waals surface area contributed by atoms with Crippen molar-refractivity contribution in [3.63, 3.8) is 0 Å². The maximum atomic E-state index is 13.3. The lowest BCUT2D eigenvalue weighted by Crippen LogP contribution is -2.53. The SMILES string of the molecule is CN1CCN(C(=O)CC2(COc3ccc(Cl)cc3)CCCN(C(=O)c3cccc(Cl)c3)C2)CC1. The van der Waals surface area contributed by atoms with Crippen molar-refractivity contribution < 1.29 is 14.3 Å². The van der Waals surface area contributed by atoms with Crippen LogP contribution in [-0.2, 0) is 4.79 Å². The minimum atomic E-state index is -0.466. The highest BCUT2D eigenvalue weighted by Crippen LogP contribution is 2.36. The molecule has 2 aromatic carbocycles. The van der Waals surface area contributed by atoms with Crippen LogP contribution in [0.1, 0.15) is 29.6 Å². The molecule has 2 saturated heterocycles. The van der Waals surface area contributed by atoms with Crippen LogP contribution in [0.2, 0.25) is 10.0 Å². The molecule has 0 radical (unpaired) electrons. The van der Waals surface area contributed by atoms with Gasteiger partial charge >= 0.3 is 0 Å². The van der Waals surface area contributed by atoms with Gasteiger partial charge in [0.1, 0.15) is 5.75 Å². The van der Waals surface area contributed by atoms with E-state index in [2.05, 4.69) is 11.9 Å². The van der Waals surface area contributed by atoms with Gasteiger partial charge in [0, 0.05) is 66.7 Å². The van der Waals surface area contributed by atoms with E-state index in [-0.39, 0.29) is 11.8 Å². The smallest absolute Gasteiger partial charge is 0.253 e. The number of ether oxygens (including phenoxy) is 1. The van der Waals surface area contributed by atoms with Crippen molar-refractivity contribution in [2.75, 3.05) is 52.9 Å². The van der Waals surface area contributed by atoms with Crippen LogP contribution >= 0.6 is 23.2 Å². The summed E-state index contributed by atoms with van der Waals surface area (Å²) in [6.45, 7) is 4.68. The first-order chi connectivity index (χ1) is 16.3. The number of carbonyl (C=O) groups is 2. The van der Waals surface area contributed by atoms with Crippen molar-refractivity contribution in [1.29, 1.82) is 0 Å². The van der Waals surface area contributed by atoms with Gasteiger partial charge in [0.2, 0.25) is 5.91 Å². The summed E-state index contributed by atoms with van der Waals surface area (Å²) in [5.74, 6) is 0.768. The van der Waals surface area contributed by atoms with E-state index in [1.54, 1.807) is 36.4 Å². The molecule has 2 aliphatic heterocycles. The van der Waals surface area contributed by atoms with E-state index in [0.29, 0.717) is 47.5 Å². The van der Waals surface area contributed by atoms with Crippen LogP contribution < -0.4 is 4.74 Å². The Hall–Kier alpha value is -2.28. The zero-order chi connectivity index (χ0) is 24.1. The van der Waals surface area contributed by atoms with E-state index >= 15 is 0 Å². The molecular weight excluding hydrogens is 473 g/mol. The zero-order valence-electron chi connectivity index (χ0n) is 19.5. The van der Waals surface area contributed by atoms with Crippen LogP contribution in [0.4, 0.5) is 0 Å². The Kier molecular flexibility index (Phi) is 8.02. The minimum absolute atomic E-state index is 0.0647. The van der Waals surface area contributed by atoms with Crippen molar-refractivity contribution in [3.8, 4) is 5.75 Å². The summed E-state index contributed by atoms with van der Waals surface area (Å²) >= 11 is 12.1. The quantitative estimate of drug-likeness (QED) is 0.583. The third-order valence-corrected chi connectivity index (χ3v) is 7.25. The van der Waals surface area contributed by atoms with Crippen molar-refractivity contribution >= 4 is 35.0 Å². The van der Waals surface area contributed by atoms with Gasteiger partial charge in [0.05, 0.1) is 6.61 Å². The standard InChI is InChI=1S/C26H31Cl2N3O3/c1-29-12-14-30(15-13-29)24(32)17-26(19-34-23-8-6-21(27)7-9-23)10-3-11-31(18-26)25(33)20-4-2-5-22(28)16-20/h2,4-9,16H,3,10-15,17-19H2,1H3. The molecule has 4 rings (SSSR count). The van der Waals surface area contributed by atoms with Crippen molar-refractivity contribution in [2.24, 2.45) is 5.41 Å². The van der Waals surface area contributed by atoms with Crippen LogP contribution in [0.25, 0.3) is 0 Å². The fourth-order valence-corrected chi connectivity index (χ4v) is 5.07. The molecule has 2 fully saturated rings. The van der Waals surface area contributed by atoms with Crippen molar-refractivity contribution in [1.82, 2.24) is 14.7 Å². The fourth-order valence-electron chi connectivity index (χ4n) is 4.75. The second-order valence-corrected chi connectivity index (χ2v) is 10.3. The van der Waals surface area contributed by atoms with Gasteiger partial charge in [0.25, 0.3) is 5.91 Å². The van der Waals surface area contributed by atoms with E-state index in [1.807, 2.05) is 21.9 Å². The molecule has 0 spiro atoms. The average molecular weight is 504 g/mol. The number of nitrogens with zero attached hydrogens (tertiary/aromatic N) is 3. The number of likely N-dealkylation sites (tertiary alicyclic amines) is 1. The molecule has 8 heteroatoms. The van der Waals surface area contributed by atoms with Crippen LogP contribution in [0.5, 0.6) is 5.75 Å². The lowest BCUT2D eigenvalue weighted by molar-refractivity contribution is -0.137. The second kappa shape index (κ2) is 11.0. The highest BCUT2D eigenvalue weighted by Gasteiger charge is 2.41. The summed E-state index contributed by atoms with van der Waals surface area (Å²) in [6.07, 6.45) is 1.98. The third kappa shape index (κ3) is 6.23. The number of hydrogen-bond donors (Lipinski definition) is 0. The molecule has 34 heavy (non-hydrogen) atoms. The Bertz CT molecular complexity index is 1010. The van der Waals surface area contributed by atoms with Gasteiger partial charge in [-0.3, -0.25) is 9.59 Å². The van der Waals surface area contributed by atoms with E-state index in [4.69, 9.17) is 27.9 Å². The molecule has 0 saturated carbocycles. The number of benzene rings is 2. The average Bonchev–Trinajstić information content (AvgIpc) is 2.84. The summed E-state index contributed by atoms with van der Waals surface area (Å²) in [4.78, 5) is 32.6. The molecule has 1 unspecified atom stereocenters. The molecule has 2 amide bonds. The van der Waals surface area contributed by atoms with E-state index < -0.39 is 5.41 Å². The largest absolute Gasteiger partial charge is 0.493 e. The van der Waals surface area contributed by atoms with E-state index in [9.17, 15) is 9.59 Å². The maximum Gasteiger partial charge on any atom is 0.253 e. The highest BCUT2D eigenvalue weighted by atomic mass is 35.5. The van der Waals surface area contributed by atoms with Gasteiger partial charge in [-0.15, -0.1) is 0 Å². The number of amides is 2. The summed E-state index contributed by atoms with van der Waals surface area (Å²) < 4.78 is 6.17. The van der Waals surface area contributed by atoms with Crippen molar-refractivity contribution in [2.45, 2.75) is 19.3 Å². The molecule has 6 nitrogen and oxygen atoms in total. The van der Waals surface area contributed by atoms with Gasteiger partial charge in [-0.05, 0) is 62.4 Å². The summed E-state index contributed by atoms with van der Waals surface area (Å²) in [7, 11) is 2.07. The number of piperazine rings is 1. The number of rotatable bonds is 6. The van der Waals surface area contributed by atoms with Gasteiger partial charge < -0.3 is 19.4 Å². The Labute approximate surface area is 211 Å². The Morgan fingerprint density at radius 2 is 1.68 bits per heavy atom. The molecule has 0 bridgehead atoms. The second-order valence-electron chi connectivity index (χ2n) is 9.44. The fraction of sp³-hybridized carbons (Fsp3) is 0.462. The normalized spacial score (nSPS) is 21.4. The number of hydrogen-bond acceptors (Lipinski definition) is 4. The molecule has 182 valence electrons. The van der Waals surface area contributed by atoms with Crippen LogP contribution in [0.15, 0.2) is 48.5 Å². The van der Waals surface area contributed by atoms with Gasteiger partial charge in [0.15, 0.2) is 0 Å². The zero-order valence-corrected chi connectivity index (χ0v) is 21.0. The predicted molar refractivity (Wildman–Crippen MR) is 135 cm³/mol.